The van der Waals surface area contributed by atoms with E-state index in [1.165, 1.54) is 47.7 Å². The van der Waals surface area contributed by atoms with Crippen LogP contribution in [0.25, 0.3) is 6.08 Å². The van der Waals surface area contributed by atoms with Gasteiger partial charge in [0, 0.05) is 29.8 Å². The number of nitro benzene ring substituents is 2. The molecular weight excluding hydrogens is 552 g/mol. The maximum atomic E-state index is 12.4. The van der Waals surface area contributed by atoms with Gasteiger partial charge >= 0.3 is 0 Å². The van der Waals surface area contributed by atoms with Crippen molar-refractivity contribution in [1.82, 2.24) is 15.7 Å². The van der Waals surface area contributed by atoms with Crippen LogP contribution >= 0.6 is 35.8 Å². The molecule has 194 valence electrons. The second-order valence-corrected chi connectivity index (χ2v) is 9.15. The number of thiazole rings is 1. The number of hydrazone groups is 1. The van der Waals surface area contributed by atoms with E-state index >= 15 is 0 Å². The summed E-state index contributed by atoms with van der Waals surface area (Å²) in [6, 6.07) is 11.0. The summed E-state index contributed by atoms with van der Waals surface area (Å²) in [5, 5.41) is 31.4. The fourth-order valence-corrected chi connectivity index (χ4v) is 4.13. The van der Waals surface area contributed by atoms with Crippen molar-refractivity contribution in [2.75, 3.05) is 5.32 Å². The molecule has 0 unspecified atom stereocenters. The molecule has 38 heavy (non-hydrogen) atoms. The molecule has 1 heterocycles. The maximum absolute atomic E-state index is 12.4. The SMILES string of the molecule is Cc1nc(NC(=S)NC(=O)c2ccc([N+](=O)[O-])cc2)sc1C(/C=C\c1ccc([N+](=O)[O-])cc1)=N/NC(N)=S. The predicted octanol–water partition coefficient (Wildman–Crippen LogP) is 3.65. The Morgan fingerprint density at radius 1 is 1.05 bits per heavy atom. The van der Waals surface area contributed by atoms with Crippen molar-refractivity contribution in [1.29, 1.82) is 0 Å². The van der Waals surface area contributed by atoms with Gasteiger partial charge in [-0.3, -0.25) is 35.8 Å². The van der Waals surface area contributed by atoms with Gasteiger partial charge in [0.2, 0.25) is 0 Å². The first-order valence-corrected chi connectivity index (χ1v) is 12.1. The van der Waals surface area contributed by atoms with Crippen LogP contribution in [0.2, 0.25) is 0 Å². The fraction of sp³-hybridized carbons (Fsp3) is 0.0455. The maximum Gasteiger partial charge on any atom is 0.269 e. The van der Waals surface area contributed by atoms with Gasteiger partial charge in [0.25, 0.3) is 17.3 Å². The number of nitrogens with zero attached hydrogens (tertiary/aromatic N) is 4. The minimum absolute atomic E-state index is 0.0307. The third kappa shape index (κ3) is 7.66. The van der Waals surface area contributed by atoms with Crippen LogP contribution in [0.3, 0.4) is 0 Å². The highest BCUT2D eigenvalue weighted by molar-refractivity contribution is 7.80. The monoisotopic (exact) mass is 570 g/mol. The van der Waals surface area contributed by atoms with Crippen molar-refractivity contribution in [2.45, 2.75) is 6.92 Å². The van der Waals surface area contributed by atoms with Crippen LogP contribution in [0.5, 0.6) is 0 Å². The molecule has 0 bridgehead atoms. The number of benzene rings is 2. The van der Waals surface area contributed by atoms with Gasteiger partial charge in [-0.1, -0.05) is 17.4 Å². The highest BCUT2D eigenvalue weighted by atomic mass is 32.1. The van der Waals surface area contributed by atoms with Crippen LogP contribution < -0.4 is 21.8 Å². The summed E-state index contributed by atoms with van der Waals surface area (Å²) >= 11 is 11.2. The van der Waals surface area contributed by atoms with E-state index in [1.807, 2.05) is 0 Å². The van der Waals surface area contributed by atoms with Crippen molar-refractivity contribution in [3.05, 3.63) is 96.5 Å². The number of rotatable bonds is 8. The van der Waals surface area contributed by atoms with Crippen molar-refractivity contribution in [3.8, 4) is 0 Å². The van der Waals surface area contributed by atoms with Crippen LogP contribution in [0.1, 0.15) is 26.5 Å². The molecule has 0 aliphatic rings. The number of aromatic nitrogens is 1. The van der Waals surface area contributed by atoms with Gasteiger partial charge < -0.3 is 11.1 Å². The summed E-state index contributed by atoms with van der Waals surface area (Å²) in [6.07, 6.45) is 3.36. The number of anilines is 1. The van der Waals surface area contributed by atoms with Crippen LogP contribution in [-0.2, 0) is 0 Å². The number of non-ortho nitro benzene ring substituents is 2. The summed E-state index contributed by atoms with van der Waals surface area (Å²) in [7, 11) is 0. The van der Waals surface area contributed by atoms with Gasteiger partial charge in [0.15, 0.2) is 15.4 Å². The standard InChI is InChI=1S/C22H18N8O5S3/c1-12-18(17(27-28-20(23)36)11-4-13-2-7-15(8-3-13)29(32)33)38-22(24-12)26-21(37)25-19(31)14-5-9-16(10-6-14)30(34)35/h2-11H,1H3,(H3,23,28,36)(H2,24,25,26,31,37)/b11-4-,27-17+. The van der Waals surface area contributed by atoms with Gasteiger partial charge in [-0.25, -0.2) is 4.98 Å². The lowest BCUT2D eigenvalue weighted by molar-refractivity contribution is -0.385. The Balaban J connectivity index is 1.75. The molecule has 1 amide bonds. The zero-order valence-corrected chi connectivity index (χ0v) is 21.9. The average molecular weight is 571 g/mol. The summed E-state index contributed by atoms with van der Waals surface area (Å²) < 4.78 is 0. The highest BCUT2D eigenvalue weighted by Gasteiger charge is 2.15. The van der Waals surface area contributed by atoms with Gasteiger partial charge in [-0.05, 0) is 67.3 Å². The zero-order valence-electron chi connectivity index (χ0n) is 19.4. The lowest BCUT2D eigenvalue weighted by atomic mass is 10.1. The number of carbonyl (C=O) groups excluding carboxylic acids is 1. The molecule has 0 saturated heterocycles. The van der Waals surface area contributed by atoms with E-state index in [1.54, 1.807) is 31.2 Å². The molecule has 3 rings (SSSR count). The van der Waals surface area contributed by atoms with Crippen molar-refractivity contribution >= 4 is 80.2 Å². The normalized spacial score (nSPS) is 11.1. The number of nitrogens with one attached hydrogen (secondary N) is 3. The molecule has 0 aliphatic carbocycles. The van der Waals surface area contributed by atoms with E-state index < -0.39 is 15.8 Å². The summed E-state index contributed by atoms with van der Waals surface area (Å²) in [5.74, 6) is -0.556. The topological polar surface area (TPSA) is 191 Å². The molecule has 13 nitrogen and oxygen atoms in total. The predicted molar refractivity (Wildman–Crippen MR) is 152 cm³/mol. The molecular formula is C22H18N8O5S3. The van der Waals surface area contributed by atoms with Crippen molar-refractivity contribution < 1.29 is 14.6 Å². The minimum Gasteiger partial charge on any atom is -0.375 e. The number of thiocarbonyl (C=S) groups is 2. The Morgan fingerprint density at radius 3 is 2.18 bits per heavy atom. The second-order valence-electron chi connectivity index (χ2n) is 7.30. The van der Waals surface area contributed by atoms with E-state index in [0.29, 0.717) is 27.0 Å². The molecule has 2 aromatic carbocycles. The summed E-state index contributed by atoms with van der Waals surface area (Å²) in [6.45, 7) is 1.74. The van der Waals surface area contributed by atoms with Gasteiger partial charge in [-0.2, -0.15) is 5.10 Å². The van der Waals surface area contributed by atoms with Crippen molar-refractivity contribution in [3.63, 3.8) is 0 Å². The fourth-order valence-electron chi connectivity index (χ4n) is 2.89. The average Bonchev–Trinajstić information content (AvgIpc) is 3.23. The Morgan fingerprint density at radius 2 is 1.63 bits per heavy atom. The molecule has 0 fully saturated rings. The van der Waals surface area contributed by atoms with E-state index in [-0.39, 0.29) is 27.2 Å². The lowest BCUT2D eigenvalue weighted by Gasteiger charge is -2.07. The van der Waals surface area contributed by atoms with Crippen LogP contribution in [0, 0.1) is 27.2 Å². The number of nitro groups is 2. The number of aryl methyl sites for hydroxylation is 1. The largest absolute Gasteiger partial charge is 0.375 e. The molecule has 0 atom stereocenters. The third-order valence-corrected chi connectivity index (χ3v) is 6.03. The van der Waals surface area contributed by atoms with E-state index in [4.69, 9.17) is 30.2 Å². The molecule has 5 N–H and O–H groups in total. The molecule has 0 spiro atoms. The van der Waals surface area contributed by atoms with Crippen LogP contribution in [0.4, 0.5) is 16.5 Å². The first kappa shape index (κ1) is 27.9. The summed E-state index contributed by atoms with van der Waals surface area (Å²) in [5.41, 5.74) is 9.74. The lowest BCUT2D eigenvalue weighted by Crippen LogP contribution is -2.34. The molecule has 16 heteroatoms. The van der Waals surface area contributed by atoms with Crippen molar-refractivity contribution in [2.24, 2.45) is 10.8 Å². The van der Waals surface area contributed by atoms with Crippen LogP contribution in [0.15, 0.2) is 59.7 Å². The van der Waals surface area contributed by atoms with E-state index in [9.17, 15) is 25.0 Å². The number of nitrogens with two attached hydrogens (primary N) is 1. The Hall–Kier alpha value is -4.67. The van der Waals surface area contributed by atoms with E-state index in [2.05, 4.69) is 26.1 Å². The quantitative estimate of drug-likeness (QED) is 0.134. The zero-order chi connectivity index (χ0) is 27.8. The second kappa shape index (κ2) is 12.5. The number of allylic oxidation sites excluding steroid dienone is 1. The first-order chi connectivity index (χ1) is 18.0. The first-order valence-electron chi connectivity index (χ1n) is 10.4. The highest BCUT2D eigenvalue weighted by Crippen LogP contribution is 2.24. The van der Waals surface area contributed by atoms with E-state index in [0.717, 1.165) is 0 Å². The molecule has 0 radical (unpaired) electrons. The van der Waals surface area contributed by atoms with Crippen LogP contribution in [-0.4, -0.2) is 36.7 Å². The molecule has 1 aromatic heterocycles. The Labute approximate surface area is 229 Å². The Kier molecular flexibility index (Phi) is 9.20. The number of hydrogen-bond donors (Lipinski definition) is 4. The minimum atomic E-state index is -0.564. The number of carbonyl (C=O) groups is 1. The van der Waals surface area contributed by atoms with Gasteiger partial charge in [0.1, 0.15) is 5.71 Å². The van der Waals surface area contributed by atoms with Gasteiger partial charge in [-0.15, -0.1) is 0 Å². The molecule has 3 aromatic rings. The molecule has 0 aliphatic heterocycles. The Bertz CT molecular complexity index is 1470. The third-order valence-electron chi connectivity index (χ3n) is 4.64. The number of amides is 1. The van der Waals surface area contributed by atoms with Gasteiger partial charge in [0.05, 0.1) is 20.4 Å². The number of hydrogen-bond acceptors (Lipinski definition) is 10. The molecule has 0 saturated carbocycles. The smallest absolute Gasteiger partial charge is 0.269 e. The summed E-state index contributed by atoms with van der Waals surface area (Å²) in [4.78, 5) is 38.0.